The zero-order valence-electron chi connectivity index (χ0n) is 25.2. The maximum atomic E-state index is 13.7. The lowest BCUT2D eigenvalue weighted by molar-refractivity contribution is -0.119. The molecule has 0 saturated heterocycles. The molecule has 1 heterocycles. The van der Waals surface area contributed by atoms with Crippen molar-refractivity contribution in [3.8, 4) is 11.5 Å². The number of carbonyl (C=O) groups is 3. The summed E-state index contributed by atoms with van der Waals surface area (Å²) in [6.07, 6.45) is 2.21. The maximum Gasteiger partial charge on any atom is 0.262 e. The number of rotatable bonds is 7. The molecule has 0 bridgehead atoms. The molecule has 0 saturated carbocycles. The Kier molecular flexibility index (Phi) is 8.01. The van der Waals surface area contributed by atoms with E-state index in [0.717, 1.165) is 17.0 Å². The Morgan fingerprint density at radius 1 is 0.952 bits per heavy atom. The summed E-state index contributed by atoms with van der Waals surface area (Å²) in [7, 11) is 0. The van der Waals surface area contributed by atoms with Gasteiger partial charge in [0.1, 0.15) is 0 Å². The molecule has 0 aromatic heterocycles. The largest absolute Gasteiger partial charge is 0.490 e. The van der Waals surface area contributed by atoms with E-state index in [-0.39, 0.29) is 45.7 Å². The minimum atomic E-state index is -0.557. The van der Waals surface area contributed by atoms with E-state index in [1.807, 2.05) is 38.1 Å². The molecule has 2 N–H and O–H groups in total. The summed E-state index contributed by atoms with van der Waals surface area (Å²) >= 11 is 6.82. The van der Waals surface area contributed by atoms with Gasteiger partial charge in [0.05, 0.1) is 11.6 Å². The van der Waals surface area contributed by atoms with Gasteiger partial charge in [-0.25, -0.2) is 0 Å². The number of Topliss-reactive ketones (excluding diaryl/α,β-unsaturated/α-hetero) is 2. The van der Waals surface area contributed by atoms with Crippen molar-refractivity contribution in [2.45, 2.75) is 73.1 Å². The van der Waals surface area contributed by atoms with Crippen LogP contribution < -0.4 is 20.1 Å². The topological polar surface area (TPSA) is 93.7 Å². The van der Waals surface area contributed by atoms with Gasteiger partial charge in [-0.3, -0.25) is 14.4 Å². The lowest BCUT2D eigenvalue weighted by atomic mass is 9.64. The third-order valence-electron chi connectivity index (χ3n) is 8.15. The zero-order valence-corrected chi connectivity index (χ0v) is 26.0. The van der Waals surface area contributed by atoms with Gasteiger partial charge in [-0.15, -0.1) is 0 Å². The molecule has 5 rings (SSSR count). The molecule has 1 amide bonds. The Morgan fingerprint density at radius 2 is 1.55 bits per heavy atom. The molecule has 7 nitrogen and oxygen atoms in total. The van der Waals surface area contributed by atoms with Crippen LogP contribution in [0, 0.1) is 17.8 Å². The summed E-state index contributed by atoms with van der Waals surface area (Å²) in [6.45, 7) is 12.2. The number of aryl methyl sites for hydroxylation is 1. The van der Waals surface area contributed by atoms with Crippen LogP contribution in [-0.4, -0.2) is 30.7 Å². The molecule has 0 spiro atoms. The Bertz CT molecular complexity index is 1480. The van der Waals surface area contributed by atoms with E-state index in [2.05, 4.69) is 38.3 Å². The Balaban J connectivity index is 1.53. The number of benzene rings is 2. The van der Waals surface area contributed by atoms with E-state index < -0.39 is 5.92 Å². The van der Waals surface area contributed by atoms with Crippen LogP contribution in [0.2, 0.25) is 5.02 Å². The summed E-state index contributed by atoms with van der Waals surface area (Å²) in [6, 6.07) is 11.0. The van der Waals surface area contributed by atoms with E-state index >= 15 is 0 Å². The predicted octanol–water partition coefficient (Wildman–Crippen LogP) is 7.04. The number of hydrogen-bond donors (Lipinski definition) is 2. The molecule has 8 heteroatoms. The normalized spacial score (nSPS) is 19.6. The Labute approximate surface area is 252 Å². The van der Waals surface area contributed by atoms with E-state index in [4.69, 9.17) is 21.1 Å². The van der Waals surface area contributed by atoms with Crippen LogP contribution in [0.5, 0.6) is 11.5 Å². The monoisotopic (exact) mass is 590 g/mol. The third-order valence-corrected chi connectivity index (χ3v) is 8.43. The second kappa shape index (κ2) is 11.3. The van der Waals surface area contributed by atoms with Gasteiger partial charge in [-0.05, 0) is 66.8 Å². The minimum Gasteiger partial charge on any atom is -0.490 e. The number of halogens is 1. The van der Waals surface area contributed by atoms with Crippen molar-refractivity contribution in [1.82, 2.24) is 5.32 Å². The first-order valence-electron chi connectivity index (χ1n) is 14.5. The second-order valence-electron chi connectivity index (χ2n) is 13.1. The third kappa shape index (κ3) is 5.98. The highest BCUT2D eigenvalue weighted by Gasteiger charge is 2.46. The first-order chi connectivity index (χ1) is 19.8. The minimum absolute atomic E-state index is 0.0326. The molecule has 222 valence electrons. The van der Waals surface area contributed by atoms with Crippen molar-refractivity contribution in [3.05, 3.63) is 75.1 Å². The predicted molar refractivity (Wildman–Crippen MR) is 164 cm³/mol. The van der Waals surface area contributed by atoms with Gasteiger partial charge in [0, 0.05) is 47.0 Å². The van der Waals surface area contributed by atoms with Crippen molar-refractivity contribution in [1.29, 1.82) is 0 Å². The molecule has 0 fully saturated rings. The average Bonchev–Trinajstić information content (AvgIpc) is 2.87. The molecular weight excluding hydrogens is 552 g/mol. The first kappa shape index (κ1) is 29.9. The molecule has 1 aliphatic heterocycles. The number of ketones is 2. The lowest BCUT2D eigenvalue weighted by Gasteiger charge is -2.44. The quantitative estimate of drug-likeness (QED) is 0.359. The number of anilines is 1. The number of para-hydroxylation sites is 1. The van der Waals surface area contributed by atoms with Gasteiger partial charge in [0.15, 0.2) is 29.7 Å². The smallest absolute Gasteiger partial charge is 0.262 e. The Morgan fingerprint density at radius 3 is 2.12 bits per heavy atom. The average molecular weight is 591 g/mol. The van der Waals surface area contributed by atoms with Crippen molar-refractivity contribution >= 4 is 34.8 Å². The van der Waals surface area contributed by atoms with Crippen LogP contribution in [0.3, 0.4) is 0 Å². The van der Waals surface area contributed by atoms with Crippen LogP contribution >= 0.6 is 11.6 Å². The number of nitrogens with one attached hydrogen (secondary N) is 2. The van der Waals surface area contributed by atoms with Crippen molar-refractivity contribution in [2.24, 2.45) is 10.8 Å². The molecular formula is C34H39ClN2O5. The van der Waals surface area contributed by atoms with Gasteiger partial charge in [-0.1, -0.05) is 57.5 Å². The molecule has 0 radical (unpaired) electrons. The SMILES string of the molecule is CCOc1cc(C2C3=C(CC(C)(C)CC3=O)NC3=C2C(=O)CC(C)(C)C3)cc(Cl)c1OCC(=O)Nc1ccccc1C. The van der Waals surface area contributed by atoms with Crippen LogP contribution in [0.15, 0.2) is 58.9 Å². The summed E-state index contributed by atoms with van der Waals surface area (Å²) in [5.41, 5.74) is 4.99. The molecule has 2 aliphatic carbocycles. The van der Waals surface area contributed by atoms with Gasteiger partial charge in [-0.2, -0.15) is 0 Å². The fraction of sp³-hybridized carbons (Fsp3) is 0.441. The second-order valence-corrected chi connectivity index (χ2v) is 13.5. The van der Waals surface area contributed by atoms with E-state index in [1.54, 1.807) is 12.1 Å². The lowest BCUT2D eigenvalue weighted by Crippen LogP contribution is -2.42. The number of ether oxygens (including phenoxy) is 2. The summed E-state index contributed by atoms with van der Waals surface area (Å²) < 4.78 is 11.9. The highest BCUT2D eigenvalue weighted by Crippen LogP contribution is 2.52. The molecule has 0 unspecified atom stereocenters. The van der Waals surface area contributed by atoms with Gasteiger partial charge < -0.3 is 20.1 Å². The van der Waals surface area contributed by atoms with Crippen LogP contribution in [0.25, 0.3) is 0 Å². The molecule has 3 aliphatic rings. The first-order valence-corrected chi connectivity index (χ1v) is 14.9. The highest BCUT2D eigenvalue weighted by atomic mass is 35.5. The summed E-state index contributed by atoms with van der Waals surface area (Å²) in [5, 5.41) is 6.64. The zero-order chi connectivity index (χ0) is 30.4. The number of carbonyl (C=O) groups excluding carboxylic acids is 3. The molecule has 0 atom stereocenters. The van der Waals surface area contributed by atoms with Crippen LogP contribution in [-0.2, 0) is 14.4 Å². The van der Waals surface area contributed by atoms with Gasteiger partial charge in [0.2, 0.25) is 0 Å². The molecule has 42 heavy (non-hydrogen) atoms. The Hall–Kier alpha value is -3.58. The van der Waals surface area contributed by atoms with Crippen LogP contribution in [0.4, 0.5) is 5.69 Å². The molecule has 2 aromatic rings. The van der Waals surface area contributed by atoms with Crippen molar-refractivity contribution in [2.75, 3.05) is 18.5 Å². The highest BCUT2D eigenvalue weighted by molar-refractivity contribution is 6.32. The summed E-state index contributed by atoms with van der Waals surface area (Å²) in [5.74, 6) is -0.222. The van der Waals surface area contributed by atoms with E-state index in [9.17, 15) is 14.4 Å². The number of dihydropyridines is 1. The van der Waals surface area contributed by atoms with Gasteiger partial charge in [0.25, 0.3) is 5.91 Å². The number of hydrogen-bond acceptors (Lipinski definition) is 6. The van der Waals surface area contributed by atoms with Crippen molar-refractivity contribution < 1.29 is 23.9 Å². The fourth-order valence-electron chi connectivity index (χ4n) is 6.42. The number of amides is 1. The fourth-order valence-corrected chi connectivity index (χ4v) is 6.69. The summed E-state index contributed by atoms with van der Waals surface area (Å²) in [4.78, 5) is 40.1. The maximum absolute atomic E-state index is 13.7. The van der Waals surface area contributed by atoms with Crippen molar-refractivity contribution in [3.63, 3.8) is 0 Å². The van der Waals surface area contributed by atoms with E-state index in [1.165, 1.54) is 0 Å². The molecule has 2 aromatic carbocycles. The van der Waals surface area contributed by atoms with E-state index in [0.29, 0.717) is 60.4 Å². The standard InChI is InChI=1S/C34H39ClN2O5/c1-7-41-27-13-20(12-21(35)32(27)42-18-28(40)37-22-11-9-8-10-19(22)2)29-30-23(14-33(3,4)16-25(30)38)36-24-15-34(5,6)17-26(39)31(24)29/h8-13,29,36H,7,14-18H2,1-6H3,(H,37,40). The van der Waals surface area contributed by atoms with Gasteiger partial charge >= 0.3 is 0 Å². The van der Waals surface area contributed by atoms with Crippen LogP contribution in [0.1, 0.15) is 77.3 Å². The number of allylic oxidation sites excluding steroid dienone is 4.